The summed E-state index contributed by atoms with van der Waals surface area (Å²) in [5.41, 5.74) is 1.21. The summed E-state index contributed by atoms with van der Waals surface area (Å²) in [7, 11) is 0. The van der Waals surface area contributed by atoms with Crippen molar-refractivity contribution in [1.29, 1.82) is 0 Å². The minimum Gasteiger partial charge on any atom is -0.316 e. The van der Waals surface area contributed by atoms with Crippen molar-refractivity contribution < 1.29 is 4.39 Å². The lowest BCUT2D eigenvalue weighted by Gasteiger charge is -2.30. The fourth-order valence-electron chi connectivity index (χ4n) is 2.84. The molecule has 1 atom stereocenters. The fraction of sp³-hybridized carbons (Fsp3) is 0.625. The number of hydrogen-bond donors (Lipinski definition) is 1. The van der Waals surface area contributed by atoms with E-state index in [4.69, 9.17) is 0 Å². The highest BCUT2D eigenvalue weighted by Crippen LogP contribution is 2.14. The molecule has 0 amide bonds. The van der Waals surface area contributed by atoms with Gasteiger partial charge in [0.2, 0.25) is 0 Å². The monoisotopic (exact) mass is 300 g/mol. The van der Waals surface area contributed by atoms with Gasteiger partial charge in [-0.25, -0.2) is 4.39 Å². The van der Waals surface area contributed by atoms with Crippen molar-refractivity contribution in [3.05, 3.63) is 35.6 Å². The van der Waals surface area contributed by atoms with Gasteiger partial charge in [0.15, 0.2) is 0 Å². The quantitative estimate of drug-likeness (QED) is 0.865. The zero-order valence-corrected chi connectivity index (χ0v) is 13.1. The number of hydrogen-bond acceptors (Lipinski definition) is 2. The minimum absolute atomic E-state index is 0. The van der Waals surface area contributed by atoms with E-state index >= 15 is 0 Å². The second kappa shape index (κ2) is 9.32. The molecule has 0 aromatic heterocycles. The summed E-state index contributed by atoms with van der Waals surface area (Å²) in [5, 5.41) is 3.48. The van der Waals surface area contributed by atoms with Gasteiger partial charge in [0, 0.05) is 13.1 Å². The van der Waals surface area contributed by atoms with Crippen molar-refractivity contribution in [3.63, 3.8) is 0 Å². The number of nitrogens with one attached hydrogen (secondary N) is 1. The van der Waals surface area contributed by atoms with Crippen LogP contribution in [-0.4, -0.2) is 31.1 Å². The molecule has 2 nitrogen and oxygen atoms in total. The minimum atomic E-state index is -0.151. The van der Waals surface area contributed by atoms with Gasteiger partial charge in [-0.3, -0.25) is 4.90 Å². The van der Waals surface area contributed by atoms with Gasteiger partial charge in [-0.05, 0) is 62.5 Å². The van der Waals surface area contributed by atoms with E-state index in [0.29, 0.717) is 0 Å². The molecule has 1 heterocycles. The highest BCUT2D eigenvalue weighted by atomic mass is 35.5. The van der Waals surface area contributed by atoms with Gasteiger partial charge < -0.3 is 5.32 Å². The maximum Gasteiger partial charge on any atom is 0.123 e. The lowest BCUT2D eigenvalue weighted by atomic mass is 9.98. The average molecular weight is 301 g/mol. The van der Waals surface area contributed by atoms with Gasteiger partial charge in [0.25, 0.3) is 0 Å². The topological polar surface area (TPSA) is 15.3 Å². The van der Waals surface area contributed by atoms with Crippen LogP contribution >= 0.6 is 12.4 Å². The molecule has 1 N–H and O–H groups in total. The van der Waals surface area contributed by atoms with Crippen molar-refractivity contribution >= 4 is 12.4 Å². The first kappa shape index (κ1) is 17.4. The zero-order chi connectivity index (χ0) is 13.5. The lowest BCUT2D eigenvalue weighted by molar-refractivity contribution is 0.201. The maximum absolute atomic E-state index is 12.9. The Kier molecular flexibility index (Phi) is 8.12. The molecule has 0 aliphatic carbocycles. The smallest absolute Gasteiger partial charge is 0.123 e. The number of rotatable bonds is 6. The fourth-order valence-corrected chi connectivity index (χ4v) is 2.84. The zero-order valence-electron chi connectivity index (χ0n) is 12.3. The van der Waals surface area contributed by atoms with Crippen LogP contribution in [-0.2, 0) is 6.54 Å². The standard InChI is InChI=1S/C16H25FN2.ClH/c1-2-10-19(13-15-4-3-9-18-11-15)12-14-5-7-16(17)8-6-14;/h5-8,15,18H,2-4,9-13H2,1H3;1H. The normalized spacial score (nSPS) is 18.9. The molecular formula is C16H26ClFN2. The Morgan fingerprint density at radius 2 is 2.05 bits per heavy atom. The summed E-state index contributed by atoms with van der Waals surface area (Å²) < 4.78 is 12.9. The SMILES string of the molecule is CCCN(Cc1ccc(F)cc1)CC1CCCNC1.Cl. The molecule has 1 aromatic rings. The second-order valence-electron chi connectivity index (χ2n) is 5.57. The van der Waals surface area contributed by atoms with Crippen LogP contribution in [0, 0.1) is 11.7 Å². The first-order chi connectivity index (χ1) is 9.28. The summed E-state index contributed by atoms with van der Waals surface area (Å²) in [6, 6.07) is 6.91. The highest BCUT2D eigenvalue weighted by molar-refractivity contribution is 5.85. The van der Waals surface area contributed by atoms with Crippen LogP contribution in [0.3, 0.4) is 0 Å². The summed E-state index contributed by atoms with van der Waals surface area (Å²) >= 11 is 0. The Balaban J connectivity index is 0.00000200. The van der Waals surface area contributed by atoms with E-state index in [1.54, 1.807) is 12.1 Å². The number of piperidine rings is 1. The molecule has 114 valence electrons. The van der Waals surface area contributed by atoms with Gasteiger partial charge >= 0.3 is 0 Å². The predicted octanol–water partition coefficient (Wildman–Crippen LogP) is 3.46. The van der Waals surface area contributed by atoms with Crippen LogP contribution in [0.2, 0.25) is 0 Å². The predicted molar refractivity (Wildman–Crippen MR) is 84.8 cm³/mol. The second-order valence-corrected chi connectivity index (χ2v) is 5.57. The van der Waals surface area contributed by atoms with Crippen molar-refractivity contribution in [2.75, 3.05) is 26.2 Å². The Hall–Kier alpha value is -0.640. The van der Waals surface area contributed by atoms with Gasteiger partial charge in [0.1, 0.15) is 5.82 Å². The van der Waals surface area contributed by atoms with Crippen molar-refractivity contribution in [2.45, 2.75) is 32.7 Å². The van der Waals surface area contributed by atoms with Crippen molar-refractivity contribution in [2.24, 2.45) is 5.92 Å². The van der Waals surface area contributed by atoms with Crippen LogP contribution in [0.4, 0.5) is 4.39 Å². The van der Waals surface area contributed by atoms with E-state index in [2.05, 4.69) is 17.1 Å². The third kappa shape index (κ3) is 5.78. The molecule has 1 aliphatic heterocycles. The number of benzene rings is 1. The lowest BCUT2D eigenvalue weighted by Crippen LogP contribution is -2.38. The molecule has 4 heteroatoms. The first-order valence-corrected chi connectivity index (χ1v) is 7.45. The van der Waals surface area contributed by atoms with E-state index in [1.165, 1.54) is 31.4 Å². The first-order valence-electron chi connectivity index (χ1n) is 7.45. The Morgan fingerprint density at radius 1 is 1.30 bits per heavy atom. The van der Waals surface area contributed by atoms with Crippen LogP contribution in [0.5, 0.6) is 0 Å². The van der Waals surface area contributed by atoms with E-state index in [-0.39, 0.29) is 18.2 Å². The highest BCUT2D eigenvalue weighted by Gasteiger charge is 2.16. The molecule has 2 rings (SSSR count). The number of halogens is 2. The third-order valence-corrected chi connectivity index (χ3v) is 3.77. The van der Waals surface area contributed by atoms with Gasteiger partial charge in [0.05, 0.1) is 0 Å². The van der Waals surface area contributed by atoms with E-state index in [0.717, 1.165) is 32.1 Å². The summed E-state index contributed by atoms with van der Waals surface area (Å²) in [5.74, 6) is 0.614. The van der Waals surface area contributed by atoms with Crippen molar-refractivity contribution in [3.8, 4) is 0 Å². The average Bonchev–Trinajstić information content (AvgIpc) is 2.43. The molecule has 0 saturated carbocycles. The van der Waals surface area contributed by atoms with Crippen LogP contribution in [0.25, 0.3) is 0 Å². The Labute approximate surface area is 128 Å². The van der Waals surface area contributed by atoms with Crippen LogP contribution in [0.15, 0.2) is 24.3 Å². The third-order valence-electron chi connectivity index (χ3n) is 3.77. The van der Waals surface area contributed by atoms with Gasteiger partial charge in [-0.2, -0.15) is 0 Å². The molecule has 1 unspecified atom stereocenters. The summed E-state index contributed by atoms with van der Waals surface area (Å²) in [6.45, 7) is 7.74. The van der Waals surface area contributed by atoms with Gasteiger partial charge in [-0.15, -0.1) is 12.4 Å². The molecular weight excluding hydrogens is 275 g/mol. The van der Waals surface area contributed by atoms with E-state index in [9.17, 15) is 4.39 Å². The Morgan fingerprint density at radius 3 is 2.65 bits per heavy atom. The molecule has 1 aromatic carbocycles. The molecule has 1 aliphatic rings. The molecule has 0 bridgehead atoms. The molecule has 0 spiro atoms. The molecule has 20 heavy (non-hydrogen) atoms. The van der Waals surface area contributed by atoms with E-state index < -0.39 is 0 Å². The largest absolute Gasteiger partial charge is 0.316 e. The van der Waals surface area contributed by atoms with Crippen LogP contribution < -0.4 is 5.32 Å². The Bertz CT molecular complexity index is 363. The summed E-state index contributed by atoms with van der Waals surface area (Å²) in [4.78, 5) is 2.50. The maximum atomic E-state index is 12.9. The van der Waals surface area contributed by atoms with Gasteiger partial charge in [-0.1, -0.05) is 19.1 Å². The molecule has 0 radical (unpaired) electrons. The molecule has 1 fully saturated rings. The van der Waals surface area contributed by atoms with Crippen molar-refractivity contribution in [1.82, 2.24) is 10.2 Å². The number of nitrogens with zero attached hydrogens (tertiary/aromatic N) is 1. The van der Waals surface area contributed by atoms with E-state index in [1.807, 2.05) is 12.1 Å². The summed E-state index contributed by atoms with van der Waals surface area (Å²) in [6.07, 6.45) is 3.79. The van der Waals surface area contributed by atoms with Crippen LogP contribution in [0.1, 0.15) is 31.7 Å². The molecule has 1 saturated heterocycles.